The van der Waals surface area contributed by atoms with Gasteiger partial charge >= 0.3 is 0 Å². The Hall–Kier alpha value is -0.490. The van der Waals surface area contributed by atoms with Crippen molar-refractivity contribution in [3.05, 3.63) is 15.6 Å². The van der Waals surface area contributed by atoms with Gasteiger partial charge in [0, 0.05) is 25.6 Å². The van der Waals surface area contributed by atoms with Crippen LogP contribution in [0.5, 0.6) is 0 Å². The molecule has 0 unspecified atom stereocenters. The Kier molecular flexibility index (Phi) is 6.93. The van der Waals surface area contributed by atoms with Crippen molar-refractivity contribution in [3.63, 3.8) is 0 Å². The molecule has 19 heavy (non-hydrogen) atoms. The highest BCUT2D eigenvalue weighted by atomic mass is 32.1. The van der Waals surface area contributed by atoms with Gasteiger partial charge in [0.25, 0.3) is 0 Å². The third kappa shape index (κ3) is 3.75. The van der Waals surface area contributed by atoms with E-state index in [1.807, 2.05) is 0 Å². The Balaban J connectivity index is 3.07. The molecule has 0 aliphatic heterocycles. The van der Waals surface area contributed by atoms with E-state index in [4.69, 9.17) is 14.5 Å². The van der Waals surface area contributed by atoms with Gasteiger partial charge in [0.1, 0.15) is 10.6 Å². The Morgan fingerprint density at radius 3 is 2.37 bits per heavy atom. The highest BCUT2D eigenvalue weighted by Gasteiger charge is 2.32. The number of hydrogen-bond acceptors (Lipinski definition) is 5. The van der Waals surface area contributed by atoms with Gasteiger partial charge in [0.15, 0.2) is 0 Å². The van der Waals surface area contributed by atoms with Crippen LogP contribution >= 0.6 is 11.3 Å². The molecular formula is C14H26N2O2S. The van der Waals surface area contributed by atoms with Gasteiger partial charge in [-0.3, -0.25) is 0 Å². The summed E-state index contributed by atoms with van der Waals surface area (Å²) in [5.41, 5.74) is 0.782. The van der Waals surface area contributed by atoms with E-state index in [2.05, 4.69) is 26.1 Å². The number of aromatic nitrogens is 1. The van der Waals surface area contributed by atoms with Crippen LogP contribution < -0.4 is 5.32 Å². The van der Waals surface area contributed by atoms with E-state index in [9.17, 15) is 0 Å². The zero-order chi connectivity index (χ0) is 14.3. The van der Waals surface area contributed by atoms with E-state index in [-0.39, 0.29) is 5.60 Å². The predicted molar refractivity (Wildman–Crippen MR) is 79.5 cm³/mol. The maximum absolute atomic E-state index is 5.76. The van der Waals surface area contributed by atoms with Crippen molar-refractivity contribution in [3.8, 4) is 0 Å². The van der Waals surface area contributed by atoms with Crippen LogP contribution in [0.15, 0.2) is 0 Å². The largest absolute Gasteiger partial charge is 0.378 e. The van der Waals surface area contributed by atoms with Crippen LogP contribution in [0.1, 0.15) is 49.2 Å². The molecule has 0 saturated carbocycles. The topological polar surface area (TPSA) is 43.4 Å². The molecule has 1 rings (SSSR count). The summed E-state index contributed by atoms with van der Waals surface area (Å²) in [6, 6.07) is 0. The van der Waals surface area contributed by atoms with Crippen molar-refractivity contribution >= 4 is 11.3 Å². The van der Waals surface area contributed by atoms with Crippen molar-refractivity contribution in [2.45, 2.75) is 52.4 Å². The predicted octanol–water partition coefficient (Wildman–Crippen LogP) is 3.06. The minimum atomic E-state index is -0.252. The first kappa shape index (κ1) is 16.6. The summed E-state index contributed by atoms with van der Waals surface area (Å²) < 4.78 is 11.0. The van der Waals surface area contributed by atoms with Crippen molar-refractivity contribution < 1.29 is 9.47 Å². The normalized spacial score (nSPS) is 12.1. The Morgan fingerprint density at radius 1 is 1.21 bits per heavy atom. The molecule has 0 radical (unpaired) electrons. The monoisotopic (exact) mass is 286 g/mol. The number of nitrogens with one attached hydrogen (secondary N) is 1. The van der Waals surface area contributed by atoms with E-state index in [0.29, 0.717) is 6.61 Å². The second-order valence-corrected chi connectivity index (χ2v) is 5.59. The number of methoxy groups -OCH3 is 2. The van der Waals surface area contributed by atoms with Gasteiger partial charge in [-0.15, -0.1) is 11.3 Å². The van der Waals surface area contributed by atoms with Crippen LogP contribution in [0.4, 0.5) is 0 Å². The van der Waals surface area contributed by atoms with Crippen molar-refractivity contribution in [1.82, 2.24) is 10.3 Å². The lowest BCUT2D eigenvalue weighted by Crippen LogP contribution is -2.26. The lowest BCUT2D eigenvalue weighted by molar-refractivity contribution is -0.0221. The first-order chi connectivity index (χ1) is 9.17. The fourth-order valence-electron chi connectivity index (χ4n) is 2.13. The third-order valence-electron chi connectivity index (χ3n) is 3.52. The van der Waals surface area contributed by atoms with Gasteiger partial charge in [-0.25, -0.2) is 4.98 Å². The summed E-state index contributed by atoms with van der Waals surface area (Å²) in [6.45, 7) is 8.76. The van der Waals surface area contributed by atoms with Crippen LogP contribution in [-0.2, 0) is 28.2 Å². The minimum absolute atomic E-state index is 0.252. The molecule has 1 aromatic heterocycles. The highest BCUT2D eigenvalue weighted by Crippen LogP contribution is 2.36. The maximum Gasteiger partial charge on any atom is 0.125 e. The summed E-state index contributed by atoms with van der Waals surface area (Å²) in [5, 5.41) is 4.43. The SMILES string of the molecule is CCNCc1sc(C(CC)(CC)OC)nc1COC. The first-order valence-corrected chi connectivity index (χ1v) is 7.72. The standard InChI is InChI=1S/C14H26N2O2S/c1-6-14(7-2,18-5)13-16-11(10-17-4)12(19-13)9-15-8-3/h15H,6-10H2,1-5H3. The zero-order valence-electron chi connectivity index (χ0n) is 12.7. The van der Waals surface area contributed by atoms with Crippen molar-refractivity contribution in [1.29, 1.82) is 0 Å². The Bertz CT molecular complexity index is 367. The summed E-state index contributed by atoms with van der Waals surface area (Å²) >= 11 is 1.74. The van der Waals surface area contributed by atoms with Crippen LogP contribution in [0.25, 0.3) is 0 Å². The van der Waals surface area contributed by atoms with Crippen LogP contribution in [-0.4, -0.2) is 25.7 Å². The minimum Gasteiger partial charge on any atom is -0.378 e. The molecular weight excluding hydrogens is 260 g/mol. The molecule has 0 fully saturated rings. The van der Waals surface area contributed by atoms with Gasteiger partial charge in [0.05, 0.1) is 12.3 Å². The van der Waals surface area contributed by atoms with Gasteiger partial charge in [-0.1, -0.05) is 20.8 Å². The third-order valence-corrected chi connectivity index (χ3v) is 4.80. The molecule has 1 heterocycles. The number of hydrogen-bond donors (Lipinski definition) is 1. The zero-order valence-corrected chi connectivity index (χ0v) is 13.5. The van der Waals surface area contributed by atoms with Crippen LogP contribution in [0.3, 0.4) is 0 Å². The van der Waals surface area contributed by atoms with Gasteiger partial charge in [-0.2, -0.15) is 0 Å². The number of nitrogens with zero attached hydrogens (tertiary/aromatic N) is 1. The fraction of sp³-hybridized carbons (Fsp3) is 0.786. The van der Waals surface area contributed by atoms with Gasteiger partial charge in [0.2, 0.25) is 0 Å². The van der Waals surface area contributed by atoms with Crippen LogP contribution in [0, 0.1) is 0 Å². The molecule has 4 nitrogen and oxygen atoms in total. The number of rotatable bonds is 9. The number of thiazole rings is 1. The van der Waals surface area contributed by atoms with E-state index in [1.165, 1.54) is 4.88 Å². The molecule has 0 bridgehead atoms. The maximum atomic E-state index is 5.76. The van der Waals surface area contributed by atoms with Gasteiger partial charge in [-0.05, 0) is 19.4 Å². The van der Waals surface area contributed by atoms with Gasteiger partial charge < -0.3 is 14.8 Å². The first-order valence-electron chi connectivity index (χ1n) is 6.91. The molecule has 1 aromatic rings. The molecule has 0 spiro atoms. The summed E-state index contributed by atoms with van der Waals surface area (Å²) in [5.74, 6) is 0. The number of ether oxygens (including phenoxy) is 2. The molecule has 0 atom stereocenters. The molecule has 5 heteroatoms. The van der Waals surface area contributed by atoms with Crippen molar-refractivity contribution in [2.24, 2.45) is 0 Å². The molecule has 0 aliphatic rings. The average Bonchev–Trinajstić information content (AvgIpc) is 2.83. The lowest BCUT2D eigenvalue weighted by atomic mass is 9.98. The highest BCUT2D eigenvalue weighted by molar-refractivity contribution is 7.11. The molecule has 110 valence electrons. The van der Waals surface area contributed by atoms with E-state index in [1.54, 1.807) is 25.6 Å². The molecule has 0 aliphatic carbocycles. The lowest BCUT2D eigenvalue weighted by Gasteiger charge is -2.27. The Morgan fingerprint density at radius 2 is 1.89 bits per heavy atom. The summed E-state index contributed by atoms with van der Waals surface area (Å²) in [4.78, 5) is 6.02. The molecule has 0 saturated heterocycles. The molecule has 0 aromatic carbocycles. The van der Waals surface area contributed by atoms with Crippen molar-refractivity contribution in [2.75, 3.05) is 20.8 Å². The summed E-state index contributed by atoms with van der Waals surface area (Å²) in [6.07, 6.45) is 1.86. The van der Waals surface area contributed by atoms with Crippen LogP contribution in [0.2, 0.25) is 0 Å². The average molecular weight is 286 g/mol. The Labute approximate surface area is 120 Å². The van der Waals surface area contributed by atoms with E-state index in [0.717, 1.165) is 36.6 Å². The second kappa shape index (κ2) is 7.94. The quantitative estimate of drug-likeness (QED) is 0.757. The second-order valence-electron chi connectivity index (χ2n) is 4.51. The smallest absolute Gasteiger partial charge is 0.125 e. The molecule has 1 N–H and O–H groups in total. The van der Waals surface area contributed by atoms with E-state index >= 15 is 0 Å². The fourth-order valence-corrected chi connectivity index (χ4v) is 3.48. The molecule has 0 amide bonds. The van der Waals surface area contributed by atoms with E-state index < -0.39 is 0 Å². The summed E-state index contributed by atoms with van der Waals surface area (Å²) in [7, 11) is 3.48.